The molecule has 0 aliphatic rings. The Hall–Kier alpha value is -3.60. The minimum absolute atomic E-state index is 0.0419. The molecule has 178 valence electrons. The van der Waals surface area contributed by atoms with E-state index in [1.165, 1.54) is 5.56 Å². The van der Waals surface area contributed by atoms with E-state index >= 15 is 0 Å². The second-order valence-electron chi connectivity index (χ2n) is 9.41. The van der Waals surface area contributed by atoms with Crippen LogP contribution in [-0.2, 0) is 4.79 Å². The van der Waals surface area contributed by atoms with Crippen LogP contribution in [0, 0.1) is 26.2 Å². The van der Waals surface area contributed by atoms with Crippen molar-refractivity contribution in [2.45, 2.75) is 47.5 Å². The molecule has 0 radical (unpaired) electrons. The van der Waals surface area contributed by atoms with Gasteiger partial charge in [-0.05, 0) is 86.7 Å². The van der Waals surface area contributed by atoms with Crippen LogP contribution in [0.1, 0.15) is 53.7 Å². The third kappa shape index (κ3) is 6.70. The quantitative estimate of drug-likeness (QED) is 0.351. The largest absolute Gasteiger partial charge is 0.493 e. The summed E-state index contributed by atoms with van der Waals surface area (Å²) >= 11 is 0. The first-order chi connectivity index (χ1) is 16.2. The highest BCUT2D eigenvalue weighted by atomic mass is 16.5. The van der Waals surface area contributed by atoms with Crippen LogP contribution in [-0.4, -0.2) is 18.4 Å². The Morgan fingerprint density at radius 3 is 2.29 bits per heavy atom. The van der Waals surface area contributed by atoms with Crippen LogP contribution in [0.15, 0.2) is 66.7 Å². The van der Waals surface area contributed by atoms with E-state index in [4.69, 9.17) is 4.74 Å². The van der Waals surface area contributed by atoms with Crippen LogP contribution in [0.25, 0.3) is 0 Å². The smallest absolute Gasteiger partial charge is 0.255 e. The standard InChI is InChI=1S/C29H34N2O3/c1-20-12-13-21(2)26(18-20)34-17-9-16-29(4,5)28(33)30-24-14-15-25(22(3)19-24)31-27(32)23-10-7-6-8-11-23/h6-8,10-15,18-19H,9,16-17H2,1-5H3,(H,30,33)(H,31,32). The SMILES string of the molecule is Cc1ccc(C)c(OCCCC(C)(C)C(=O)Nc2ccc(NC(=O)c3ccccc3)c(C)c2)c1. The van der Waals surface area contributed by atoms with Crippen molar-refractivity contribution in [1.82, 2.24) is 0 Å². The van der Waals surface area contributed by atoms with Crippen LogP contribution >= 0.6 is 0 Å². The van der Waals surface area contributed by atoms with Crippen molar-refractivity contribution >= 4 is 23.2 Å². The normalized spacial score (nSPS) is 11.1. The van der Waals surface area contributed by atoms with E-state index in [1.54, 1.807) is 12.1 Å². The topological polar surface area (TPSA) is 67.4 Å². The summed E-state index contributed by atoms with van der Waals surface area (Å²) in [6.45, 7) is 10.4. The number of ether oxygens (including phenoxy) is 1. The maximum atomic E-state index is 12.9. The highest BCUT2D eigenvalue weighted by Gasteiger charge is 2.27. The molecule has 0 spiro atoms. The van der Waals surface area contributed by atoms with Crippen LogP contribution < -0.4 is 15.4 Å². The molecule has 3 rings (SSSR count). The van der Waals surface area contributed by atoms with Gasteiger partial charge in [-0.1, -0.05) is 44.2 Å². The van der Waals surface area contributed by atoms with Gasteiger partial charge in [0.25, 0.3) is 5.91 Å². The predicted molar refractivity (Wildman–Crippen MR) is 139 cm³/mol. The first-order valence-corrected chi connectivity index (χ1v) is 11.6. The Morgan fingerprint density at radius 1 is 0.853 bits per heavy atom. The van der Waals surface area contributed by atoms with E-state index in [9.17, 15) is 9.59 Å². The predicted octanol–water partition coefficient (Wildman–Crippen LogP) is 6.69. The second-order valence-corrected chi connectivity index (χ2v) is 9.41. The van der Waals surface area contributed by atoms with Gasteiger partial charge >= 0.3 is 0 Å². The molecule has 2 N–H and O–H groups in total. The molecule has 0 bridgehead atoms. The number of anilines is 2. The van der Waals surface area contributed by atoms with Gasteiger partial charge in [0, 0.05) is 22.4 Å². The zero-order valence-corrected chi connectivity index (χ0v) is 20.7. The third-order valence-electron chi connectivity index (χ3n) is 5.93. The van der Waals surface area contributed by atoms with Crippen molar-refractivity contribution in [3.05, 3.63) is 89.0 Å². The molecule has 2 amide bonds. The molecule has 0 heterocycles. The van der Waals surface area contributed by atoms with Gasteiger partial charge in [0.2, 0.25) is 5.91 Å². The number of benzene rings is 3. The monoisotopic (exact) mass is 458 g/mol. The van der Waals surface area contributed by atoms with Gasteiger partial charge in [0.1, 0.15) is 5.75 Å². The lowest BCUT2D eigenvalue weighted by Crippen LogP contribution is -2.31. The zero-order valence-electron chi connectivity index (χ0n) is 20.7. The number of hydrogen-bond acceptors (Lipinski definition) is 3. The first-order valence-electron chi connectivity index (χ1n) is 11.6. The Bertz CT molecular complexity index is 1150. The van der Waals surface area contributed by atoms with Crippen molar-refractivity contribution in [3.63, 3.8) is 0 Å². The molecule has 3 aromatic rings. The molecule has 0 fully saturated rings. The average molecular weight is 459 g/mol. The summed E-state index contributed by atoms with van der Waals surface area (Å²) in [4.78, 5) is 25.4. The Kier molecular flexibility index (Phi) is 8.11. The molecule has 34 heavy (non-hydrogen) atoms. The van der Waals surface area contributed by atoms with Gasteiger partial charge in [0.05, 0.1) is 6.61 Å². The molecular weight excluding hydrogens is 424 g/mol. The zero-order chi connectivity index (χ0) is 24.7. The van der Waals surface area contributed by atoms with E-state index in [2.05, 4.69) is 22.8 Å². The minimum Gasteiger partial charge on any atom is -0.493 e. The summed E-state index contributed by atoms with van der Waals surface area (Å²) in [5.41, 5.74) is 4.64. The van der Waals surface area contributed by atoms with Crippen LogP contribution in [0.3, 0.4) is 0 Å². The maximum Gasteiger partial charge on any atom is 0.255 e. The minimum atomic E-state index is -0.543. The maximum absolute atomic E-state index is 12.9. The number of aryl methyl sites for hydroxylation is 3. The van der Waals surface area contributed by atoms with E-state index < -0.39 is 5.41 Å². The fraction of sp³-hybridized carbons (Fsp3) is 0.310. The van der Waals surface area contributed by atoms with Gasteiger partial charge in [-0.25, -0.2) is 0 Å². The molecule has 0 unspecified atom stereocenters. The van der Waals surface area contributed by atoms with Crippen LogP contribution in [0.4, 0.5) is 11.4 Å². The van der Waals surface area contributed by atoms with Gasteiger partial charge in [-0.3, -0.25) is 9.59 Å². The second kappa shape index (κ2) is 11.0. The van der Waals surface area contributed by atoms with E-state index in [1.807, 2.05) is 77.1 Å². The number of carbonyl (C=O) groups is 2. The molecule has 0 aliphatic heterocycles. The molecule has 0 aromatic heterocycles. The lowest BCUT2D eigenvalue weighted by molar-refractivity contribution is -0.124. The molecule has 0 atom stereocenters. The average Bonchev–Trinajstić information content (AvgIpc) is 2.81. The summed E-state index contributed by atoms with van der Waals surface area (Å²) < 4.78 is 5.94. The Morgan fingerprint density at radius 2 is 1.59 bits per heavy atom. The van der Waals surface area contributed by atoms with Crippen molar-refractivity contribution in [2.24, 2.45) is 5.41 Å². The summed E-state index contributed by atoms with van der Waals surface area (Å²) in [7, 11) is 0. The molecule has 5 nitrogen and oxygen atoms in total. The number of carbonyl (C=O) groups excluding carboxylic acids is 2. The lowest BCUT2D eigenvalue weighted by atomic mass is 9.87. The number of rotatable bonds is 9. The number of nitrogens with one attached hydrogen (secondary N) is 2. The third-order valence-corrected chi connectivity index (χ3v) is 5.93. The number of hydrogen-bond donors (Lipinski definition) is 2. The van der Waals surface area contributed by atoms with Crippen LogP contribution in [0.5, 0.6) is 5.75 Å². The molecule has 3 aromatic carbocycles. The fourth-order valence-electron chi connectivity index (χ4n) is 3.64. The van der Waals surface area contributed by atoms with Crippen molar-refractivity contribution in [3.8, 4) is 5.75 Å². The van der Waals surface area contributed by atoms with Crippen molar-refractivity contribution in [1.29, 1.82) is 0 Å². The van der Waals surface area contributed by atoms with Crippen molar-refractivity contribution in [2.75, 3.05) is 17.2 Å². The van der Waals surface area contributed by atoms with Gasteiger partial charge in [-0.15, -0.1) is 0 Å². The lowest BCUT2D eigenvalue weighted by Gasteiger charge is -2.24. The van der Waals surface area contributed by atoms with Crippen LogP contribution in [0.2, 0.25) is 0 Å². The number of amides is 2. The summed E-state index contributed by atoms with van der Waals surface area (Å²) in [6, 6.07) is 20.8. The highest BCUT2D eigenvalue weighted by Crippen LogP contribution is 2.27. The molecular formula is C29H34N2O3. The molecule has 0 saturated carbocycles. The van der Waals surface area contributed by atoms with E-state index in [0.717, 1.165) is 29.0 Å². The first kappa shape index (κ1) is 25.0. The summed E-state index contributed by atoms with van der Waals surface area (Å²) in [6.07, 6.45) is 1.48. The summed E-state index contributed by atoms with van der Waals surface area (Å²) in [5, 5.41) is 5.94. The van der Waals surface area contributed by atoms with Gasteiger partial charge < -0.3 is 15.4 Å². The summed E-state index contributed by atoms with van der Waals surface area (Å²) in [5.74, 6) is 0.696. The molecule has 0 aliphatic carbocycles. The van der Waals surface area contributed by atoms with E-state index in [0.29, 0.717) is 24.3 Å². The Balaban J connectivity index is 1.52. The molecule has 5 heteroatoms. The van der Waals surface area contributed by atoms with Crippen molar-refractivity contribution < 1.29 is 14.3 Å². The van der Waals surface area contributed by atoms with Gasteiger partial charge in [-0.2, -0.15) is 0 Å². The van der Waals surface area contributed by atoms with E-state index in [-0.39, 0.29) is 11.8 Å². The van der Waals surface area contributed by atoms with Gasteiger partial charge in [0.15, 0.2) is 0 Å². The molecule has 0 saturated heterocycles. The fourth-order valence-corrected chi connectivity index (χ4v) is 3.64. The Labute approximate surface area is 202 Å². The highest BCUT2D eigenvalue weighted by molar-refractivity contribution is 6.04.